The zero-order valence-corrected chi connectivity index (χ0v) is 16.8. The SMILES string of the molecule is COCCN1C(=O)C2C(N=C3N(c4ccc(C)cc4)C(C)=C(C)N32)N(C)C1=O. The molecule has 3 amide bonds. The van der Waals surface area contributed by atoms with E-state index in [0.717, 1.165) is 17.1 Å². The maximum Gasteiger partial charge on any atom is 0.328 e. The van der Waals surface area contributed by atoms with Crippen molar-refractivity contribution in [2.24, 2.45) is 4.99 Å². The van der Waals surface area contributed by atoms with Crippen LogP contribution in [-0.4, -0.2) is 72.1 Å². The lowest BCUT2D eigenvalue weighted by Gasteiger charge is -2.40. The van der Waals surface area contributed by atoms with Gasteiger partial charge in [0.2, 0.25) is 5.96 Å². The van der Waals surface area contributed by atoms with Gasteiger partial charge in [-0.2, -0.15) is 0 Å². The number of rotatable bonds is 4. The lowest BCUT2D eigenvalue weighted by atomic mass is 10.1. The number of likely N-dealkylation sites (N-methyl/N-ethyl adjacent to an activating group) is 1. The van der Waals surface area contributed by atoms with Crippen LogP contribution in [0.4, 0.5) is 10.5 Å². The zero-order chi connectivity index (χ0) is 20.2. The van der Waals surface area contributed by atoms with Gasteiger partial charge in [-0.25, -0.2) is 9.79 Å². The Balaban J connectivity index is 1.73. The summed E-state index contributed by atoms with van der Waals surface area (Å²) >= 11 is 0. The Morgan fingerprint density at radius 3 is 2.39 bits per heavy atom. The molecule has 2 unspecified atom stereocenters. The number of imide groups is 1. The van der Waals surface area contributed by atoms with Crippen molar-refractivity contribution in [1.82, 2.24) is 14.7 Å². The zero-order valence-electron chi connectivity index (χ0n) is 16.8. The monoisotopic (exact) mass is 383 g/mol. The van der Waals surface area contributed by atoms with E-state index in [2.05, 4.69) is 17.0 Å². The van der Waals surface area contributed by atoms with Crippen molar-refractivity contribution < 1.29 is 14.3 Å². The number of carbonyl (C=O) groups excluding carboxylic acids is 2. The molecule has 148 valence electrons. The van der Waals surface area contributed by atoms with Crippen LogP contribution in [0.1, 0.15) is 19.4 Å². The molecule has 28 heavy (non-hydrogen) atoms. The molecule has 3 heterocycles. The van der Waals surface area contributed by atoms with Gasteiger partial charge in [-0.3, -0.25) is 19.5 Å². The summed E-state index contributed by atoms with van der Waals surface area (Å²) in [4.78, 5) is 37.5. The molecule has 4 rings (SSSR count). The van der Waals surface area contributed by atoms with Gasteiger partial charge in [0.15, 0.2) is 12.2 Å². The highest BCUT2D eigenvalue weighted by atomic mass is 16.5. The number of hydrogen-bond donors (Lipinski definition) is 0. The Hall–Kier alpha value is -2.87. The average Bonchev–Trinajstić information content (AvgIpc) is 3.17. The number of anilines is 1. The predicted octanol–water partition coefficient (Wildman–Crippen LogP) is 1.97. The number of ether oxygens (including phenoxy) is 1. The number of fused-ring (bicyclic) bond motifs is 3. The topological polar surface area (TPSA) is 68.7 Å². The summed E-state index contributed by atoms with van der Waals surface area (Å²) in [6.07, 6.45) is -0.537. The molecule has 1 aromatic rings. The smallest absolute Gasteiger partial charge is 0.328 e. The normalized spacial score (nSPS) is 24.2. The Morgan fingerprint density at radius 1 is 1.07 bits per heavy atom. The molecule has 0 N–H and O–H groups in total. The highest BCUT2D eigenvalue weighted by Crippen LogP contribution is 2.39. The van der Waals surface area contributed by atoms with Crippen molar-refractivity contribution in [3.05, 3.63) is 41.2 Å². The second-order valence-electron chi connectivity index (χ2n) is 7.38. The molecule has 8 heteroatoms. The Morgan fingerprint density at radius 2 is 1.75 bits per heavy atom. The van der Waals surface area contributed by atoms with Crippen molar-refractivity contribution in [3.8, 4) is 0 Å². The minimum absolute atomic E-state index is 0.230. The van der Waals surface area contributed by atoms with Crippen LogP contribution in [0, 0.1) is 6.92 Å². The van der Waals surface area contributed by atoms with E-state index in [1.54, 1.807) is 19.1 Å². The summed E-state index contributed by atoms with van der Waals surface area (Å²) in [5.74, 6) is 0.456. The van der Waals surface area contributed by atoms with E-state index in [0.29, 0.717) is 12.6 Å². The van der Waals surface area contributed by atoms with Crippen LogP contribution in [0.15, 0.2) is 40.7 Å². The largest absolute Gasteiger partial charge is 0.383 e. The van der Waals surface area contributed by atoms with Crippen LogP contribution in [0.2, 0.25) is 0 Å². The number of methoxy groups -OCH3 is 1. The van der Waals surface area contributed by atoms with Crippen LogP contribution in [0.5, 0.6) is 0 Å². The van der Waals surface area contributed by atoms with Crippen molar-refractivity contribution in [2.45, 2.75) is 33.0 Å². The summed E-state index contributed by atoms with van der Waals surface area (Å²) in [7, 11) is 3.25. The lowest BCUT2D eigenvalue weighted by Crippen LogP contribution is -2.65. The van der Waals surface area contributed by atoms with Gasteiger partial charge < -0.3 is 9.64 Å². The number of amides is 3. The summed E-state index contributed by atoms with van der Waals surface area (Å²) in [6.45, 7) is 6.60. The second kappa shape index (κ2) is 6.63. The molecule has 0 saturated carbocycles. The van der Waals surface area contributed by atoms with E-state index in [-0.39, 0.29) is 18.5 Å². The van der Waals surface area contributed by atoms with Gasteiger partial charge in [0, 0.05) is 31.2 Å². The highest BCUT2D eigenvalue weighted by molar-refractivity contribution is 6.10. The second-order valence-corrected chi connectivity index (χ2v) is 7.38. The third-order valence-electron chi connectivity index (χ3n) is 5.70. The maximum atomic E-state index is 13.2. The first kappa shape index (κ1) is 18.5. The number of guanidine groups is 1. The molecule has 8 nitrogen and oxygen atoms in total. The van der Waals surface area contributed by atoms with Gasteiger partial charge in [0.1, 0.15) is 0 Å². The molecular weight excluding hydrogens is 358 g/mol. The summed E-state index contributed by atoms with van der Waals surface area (Å²) in [6, 6.07) is 7.30. The van der Waals surface area contributed by atoms with Crippen LogP contribution < -0.4 is 4.90 Å². The fourth-order valence-corrected chi connectivity index (χ4v) is 4.00. The molecule has 0 spiro atoms. The number of hydrogen-bond acceptors (Lipinski definition) is 6. The molecule has 2 atom stereocenters. The van der Waals surface area contributed by atoms with Gasteiger partial charge in [0.25, 0.3) is 5.91 Å². The van der Waals surface area contributed by atoms with Crippen LogP contribution in [0.25, 0.3) is 0 Å². The van der Waals surface area contributed by atoms with E-state index < -0.39 is 12.2 Å². The molecule has 1 fully saturated rings. The number of benzene rings is 1. The molecule has 0 radical (unpaired) electrons. The summed E-state index contributed by atoms with van der Waals surface area (Å²) in [5.41, 5.74) is 4.15. The van der Waals surface area contributed by atoms with E-state index in [4.69, 9.17) is 9.73 Å². The summed E-state index contributed by atoms with van der Waals surface area (Å²) in [5, 5.41) is 0. The highest BCUT2D eigenvalue weighted by Gasteiger charge is 2.55. The van der Waals surface area contributed by atoms with Crippen molar-refractivity contribution in [1.29, 1.82) is 0 Å². The van der Waals surface area contributed by atoms with Crippen molar-refractivity contribution in [2.75, 3.05) is 32.2 Å². The molecule has 0 aromatic heterocycles. The standard InChI is InChI=1S/C20H25N5O3/c1-12-6-8-15(9-7-12)24-13(2)14(3)25-16-17(21-19(24)25)22(4)20(27)23(18(16)26)10-11-28-5/h6-9,16-17H,10-11H2,1-5H3. The Kier molecular flexibility index (Phi) is 4.38. The third-order valence-corrected chi connectivity index (χ3v) is 5.70. The summed E-state index contributed by atoms with van der Waals surface area (Å²) < 4.78 is 5.07. The van der Waals surface area contributed by atoms with Crippen LogP contribution >= 0.6 is 0 Å². The molecule has 3 aliphatic rings. The number of carbonyl (C=O) groups is 2. The quantitative estimate of drug-likeness (QED) is 0.795. The van der Waals surface area contributed by atoms with Gasteiger partial charge in [-0.1, -0.05) is 17.7 Å². The predicted molar refractivity (Wildman–Crippen MR) is 106 cm³/mol. The van der Waals surface area contributed by atoms with Crippen LogP contribution in [-0.2, 0) is 9.53 Å². The number of aliphatic imine (C=N–C) groups is 1. The van der Waals surface area contributed by atoms with E-state index in [1.807, 2.05) is 37.8 Å². The maximum absolute atomic E-state index is 13.2. The number of urea groups is 1. The number of aryl methyl sites for hydroxylation is 1. The van der Waals surface area contributed by atoms with Gasteiger partial charge in [-0.05, 0) is 32.9 Å². The van der Waals surface area contributed by atoms with E-state index in [9.17, 15) is 9.59 Å². The first-order chi connectivity index (χ1) is 13.4. The minimum Gasteiger partial charge on any atom is -0.383 e. The fourth-order valence-electron chi connectivity index (χ4n) is 4.00. The number of nitrogens with zero attached hydrogens (tertiary/aromatic N) is 5. The molecule has 0 bridgehead atoms. The van der Waals surface area contributed by atoms with E-state index in [1.165, 1.54) is 10.5 Å². The third kappa shape index (κ3) is 2.51. The van der Waals surface area contributed by atoms with Gasteiger partial charge >= 0.3 is 6.03 Å². The Labute approximate surface area is 164 Å². The molecule has 3 aliphatic heterocycles. The number of allylic oxidation sites excluding steroid dienone is 2. The van der Waals surface area contributed by atoms with Gasteiger partial charge in [-0.15, -0.1) is 0 Å². The molecule has 1 saturated heterocycles. The van der Waals surface area contributed by atoms with Gasteiger partial charge in [0.05, 0.1) is 13.2 Å². The average molecular weight is 383 g/mol. The van der Waals surface area contributed by atoms with Crippen molar-refractivity contribution >= 4 is 23.6 Å². The van der Waals surface area contributed by atoms with E-state index >= 15 is 0 Å². The molecule has 1 aromatic carbocycles. The van der Waals surface area contributed by atoms with Crippen molar-refractivity contribution in [3.63, 3.8) is 0 Å². The Bertz CT molecular complexity index is 892. The molecule has 0 aliphatic carbocycles. The first-order valence-electron chi connectivity index (χ1n) is 9.35. The minimum atomic E-state index is -0.556. The van der Waals surface area contributed by atoms with Crippen LogP contribution in [0.3, 0.4) is 0 Å². The lowest BCUT2D eigenvalue weighted by molar-refractivity contribution is -0.137. The fraction of sp³-hybridized carbons (Fsp3) is 0.450. The first-order valence-corrected chi connectivity index (χ1v) is 9.35. The molecular formula is C20H25N5O3.